The van der Waals surface area contributed by atoms with Crippen LogP contribution in [0.2, 0.25) is 0 Å². The molecule has 6 rings (SSSR count). The third kappa shape index (κ3) is 5.47. The summed E-state index contributed by atoms with van der Waals surface area (Å²) in [5, 5.41) is 18.9. The minimum Gasteiger partial charge on any atom is -0.454 e. The van der Waals surface area contributed by atoms with Crippen molar-refractivity contribution in [1.29, 1.82) is 0 Å². The van der Waals surface area contributed by atoms with E-state index in [0.29, 0.717) is 59.4 Å². The maximum atomic E-state index is 13.0. The maximum Gasteiger partial charge on any atom is 0.278 e. The van der Waals surface area contributed by atoms with Gasteiger partial charge in [0, 0.05) is 29.9 Å². The fourth-order valence-corrected chi connectivity index (χ4v) is 6.63. The first kappa shape index (κ1) is 26.8. The van der Waals surface area contributed by atoms with E-state index in [0.717, 1.165) is 5.39 Å². The van der Waals surface area contributed by atoms with Crippen molar-refractivity contribution >= 4 is 49.9 Å². The van der Waals surface area contributed by atoms with Crippen LogP contribution in [0.1, 0.15) is 5.56 Å². The first-order chi connectivity index (χ1) is 19.9. The van der Waals surface area contributed by atoms with Crippen molar-refractivity contribution in [2.75, 3.05) is 26.3 Å². The first-order valence-corrected chi connectivity index (χ1v) is 14.9. The van der Waals surface area contributed by atoms with Crippen molar-refractivity contribution in [2.45, 2.75) is 4.90 Å². The summed E-state index contributed by atoms with van der Waals surface area (Å²) in [4.78, 5) is 16.4. The van der Waals surface area contributed by atoms with Gasteiger partial charge in [0.05, 0.1) is 40.5 Å². The third-order valence-electron chi connectivity index (χ3n) is 6.48. The fourth-order valence-electron chi connectivity index (χ4n) is 4.39. The molecular formula is C28H23N5O6S2. The number of nitro groups is 1. The lowest BCUT2D eigenvalue weighted by molar-refractivity contribution is -0.385. The molecule has 3 aromatic carbocycles. The first-order valence-electron chi connectivity index (χ1n) is 12.6. The molecule has 1 aliphatic heterocycles. The van der Waals surface area contributed by atoms with E-state index in [2.05, 4.69) is 5.10 Å². The Balaban J connectivity index is 1.41. The van der Waals surface area contributed by atoms with Crippen molar-refractivity contribution < 1.29 is 22.5 Å². The Kier molecular flexibility index (Phi) is 7.32. The molecule has 11 nitrogen and oxygen atoms in total. The summed E-state index contributed by atoms with van der Waals surface area (Å²) < 4.78 is 40.3. The Morgan fingerprint density at radius 3 is 2.46 bits per heavy atom. The largest absolute Gasteiger partial charge is 0.454 e. The molecule has 208 valence electrons. The lowest BCUT2D eigenvalue weighted by Gasteiger charge is -2.26. The van der Waals surface area contributed by atoms with E-state index in [1.165, 1.54) is 40.1 Å². The molecule has 0 atom stereocenters. The Morgan fingerprint density at radius 2 is 1.71 bits per heavy atom. The zero-order valence-corrected chi connectivity index (χ0v) is 23.1. The van der Waals surface area contributed by atoms with E-state index in [4.69, 9.17) is 14.1 Å². The molecule has 1 aliphatic rings. The molecule has 1 fully saturated rings. The summed E-state index contributed by atoms with van der Waals surface area (Å²) in [6, 6.07) is 22.1. The summed E-state index contributed by atoms with van der Waals surface area (Å²) >= 11 is 1.30. The second kappa shape index (κ2) is 11.2. The molecule has 1 saturated heterocycles. The number of hydrogen-bond acceptors (Lipinski definition) is 9. The normalized spacial score (nSPS) is 15.2. The highest BCUT2D eigenvalue weighted by molar-refractivity contribution is 7.89. The number of sulfonamides is 1. The van der Waals surface area contributed by atoms with Gasteiger partial charge in [-0.05, 0) is 42.5 Å². The maximum absolute atomic E-state index is 13.0. The van der Waals surface area contributed by atoms with Gasteiger partial charge in [0.15, 0.2) is 5.76 Å². The molecule has 2 aromatic heterocycles. The summed E-state index contributed by atoms with van der Waals surface area (Å²) in [6.07, 6.45) is 1.41. The highest BCUT2D eigenvalue weighted by Gasteiger charge is 2.26. The number of para-hydroxylation sites is 2. The van der Waals surface area contributed by atoms with E-state index in [1.54, 1.807) is 35.0 Å². The van der Waals surface area contributed by atoms with Gasteiger partial charge in [-0.15, -0.1) is 11.3 Å². The van der Waals surface area contributed by atoms with Gasteiger partial charge in [-0.3, -0.25) is 10.1 Å². The molecule has 0 saturated carbocycles. The van der Waals surface area contributed by atoms with Crippen LogP contribution >= 0.6 is 11.3 Å². The Labute approximate surface area is 238 Å². The third-order valence-corrected chi connectivity index (χ3v) is 9.21. The Morgan fingerprint density at radius 1 is 0.976 bits per heavy atom. The number of nitro benzene ring substituents is 1. The van der Waals surface area contributed by atoms with Gasteiger partial charge in [-0.1, -0.05) is 30.3 Å². The van der Waals surface area contributed by atoms with Gasteiger partial charge >= 0.3 is 0 Å². The number of furan rings is 1. The van der Waals surface area contributed by atoms with E-state index >= 15 is 0 Å². The smallest absolute Gasteiger partial charge is 0.278 e. The lowest BCUT2D eigenvalue weighted by atomic mass is 10.2. The molecule has 13 heteroatoms. The summed E-state index contributed by atoms with van der Waals surface area (Å²) in [7, 11) is -3.64. The van der Waals surface area contributed by atoms with Crippen LogP contribution in [0.4, 0.5) is 11.4 Å². The highest BCUT2D eigenvalue weighted by Crippen LogP contribution is 2.29. The Bertz CT molecular complexity index is 1900. The second-order valence-electron chi connectivity index (χ2n) is 9.05. The Hall–Kier alpha value is -4.43. The zero-order chi connectivity index (χ0) is 28.4. The average molecular weight is 590 g/mol. The topological polar surface area (TPSA) is 133 Å². The number of rotatable bonds is 7. The number of benzene rings is 3. The van der Waals surface area contributed by atoms with Crippen LogP contribution in [0, 0.1) is 10.1 Å². The number of morpholine rings is 1. The highest BCUT2D eigenvalue weighted by atomic mass is 32.2. The number of aromatic nitrogens is 1. The van der Waals surface area contributed by atoms with Crippen LogP contribution in [0.3, 0.4) is 0 Å². The van der Waals surface area contributed by atoms with Crippen LogP contribution in [0.25, 0.3) is 22.4 Å². The van der Waals surface area contributed by atoms with Gasteiger partial charge < -0.3 is 9.15 Å². The number of nitrogens with zero attached hydrogens (tertiary/aromatic N) is 5. The van der Waals surface area contributed by atoms with Crippen molar-refractivity contribution in [3.8, 4) is 11.5 Å². The SMILES string of the molecule is O=[N+]([O-])c1ccccc1C=Nn1c(-c2cc3ccccc3o2)csc1=Nc1ccc(S(=O)(=O)N2CCOCC2)cc1. The predicted molar refractivity (Wildman–Crippen MR) is 155 cm³/mol. The average Bonchev–Trinajstić information content (AvgIpc) is 3.60. The molecule has 0 aliphatic carbocycles. The molecule has 0 unspecified atom stereocenters. The van der Waals surface area contributed by atoms with E-state index in [1.807, 2.05) is 35.7 Å². The molecule has 0 radical (unpaired) electrons. The van der Waals surface area contributed by atoms with Gasteiger partial charge in [0.1, 0.15) is 11.3 Å². The molecule has 41 heavy (non-hydrogen) atoms. The van der Waals surface area contributed by atoms with Crippen LogP contribution in [0.5, 0.6) is 0 Å². The van der Waals surface area contributed by atoms with Crippen molar-refractivity contribution in [2.24, 2.45) is 10.1 Å². The van der Waals surface area contributed by atoms with E-state index < -0.39 is 14.9 Å². The lowest BCUT2D eigenvalue weighted by Crippen LogP contribution is -2.40. The zero-order valence-electron chi connectivity index (χ0n) is 21.5. The fraction of sp³-hybridized carbons (Fsp3) is 0.143. The monoisotopic (exact) mass is 589 g/mol. The van der Waals surface area contributed by atoms with Gasteiger partial charge in [-0.25, -0.2) is 18.1 Å². The van der Waals surface area contributed by atoms with Crippen molar-refractivity contribution in [3.05, 3.63) is 105 Å². The van der Waals surface area contributed by atoms with Crippen LogP contribution in [-0.2, 0) is 14.8 Å². The number of fused-ring (bicyclic) bond motifs is 1. The molecule has 0 spiro atoms. The molecule has 0 N–H and O–H groups in total. The van der Waals surface area contributed by atoms with Crippen molar-refractivity contribution in [1.82, 2.24) is 8.98 Å². The van der Waals surface area contributed by atoms with Crippen LogP contribution in [0.15, 0.2) is 104 Å². The number of ether oxygens (including phenoxy) is 1. The second-order valence-corrected chi connectivity index (χ2v) is 11.8. The summed E-state index contributed by atoms with van der Waals surface area (Å²) in [5.74, 6) is 0.551. The predicted octanol–water partition coefficient (Wildman–Crippen LogP) is 5.01. The minimum absolute atomic E-state index is 0.0760. The molecule has 3 heterocycles. The van der Waals surface area contributed by atoms with Crippen molar-refractivity contribution in [3.63, 3.8) is 0 Å². The quantitative estimate of drug-likeness (QED) is 0.149. The van der Waals surface area contributed by atoms with Crippen LogP contribution < -0.4 is 4.80 Å². The molecule has 5 aromatic rings. The molecule has 0 amide bonds. The van der Waals surface area contributed by atoms with Crippen LogP contribution in [-0.4, -0.2) is 54.8 Å². The van der Waals surface area contributed by atoms with E-state index in [9.17, 15) is 18.5 Å². The molecule has 0 bridgehead atoms. The van der Waals surface area contributed by atoms with E-state index in [-0.39, 0.29) is 10.6 Å². The molecular weight excluding hydrogens is 566 g/mol. The summed E-state index contributed by atoms with van der Waals surface area (Å²) in [6.45, 7) is 1.36. The van der Waals surface area contributed by atoms with Gasteiger partial charge in [0.2, 0.25) is 14.8 Å². The number of thiazole rings is 1. The minimum atomic E-state index is -3.64. The standard InChI is InChI=1S/C28H23N5O6S2/c34-33(35)24-7-3-1-6-21(24)18-29-32-25(27-17-20-5-2-4-8-26(20)39-27)19-40-28(32)30-22-9-11-23(12-10-22)41(36,37)31-13-15-38-16-14-31/h1-12,17-19H,13-16H2. The van der Waals surface area contributed by atoms with Gasteiger partial charge in [0.25, 0.3) is 5.69 Å². The van der Waals surface area contributed by atoms with Gasteiger partial charge in [-0.2, -0.15) is 9.41 Å². The number of hydrogen-bond donors (Lipinski definition) is 0. The summed E-state index contributed by atoms with van der Waals surface area (Å²) in [5.41, 5.74) is 2.08.